The van der Waals surface area contributed by atoms with E-state index in [0.717, 1.165) is 27.3 Å². The summed E-state index contributed by atoms with van der Waals surface area (Å²) in [5, 5.41) is 3.16. The van der Waals surface area contributed by atoms with Crippen molar-refractivity contribution in [2.75, 3.05) is 14.2 Å². The van der Waals surface area contributed by atoms with Crippen LogP contribution >= 0.6 is 11.3 Å². The summed E-state index contributed by atoms with van der Waals surface area (Å²) >= 11 is 1.47. The molecule has 0 bridgehead atoms. The first-order chi connectivity index (χ1) is 16.1. The molecule has 1 unspecified atom stereocenters. The van der Waals surface area contributed by atoms with Crippen LogP contribution in [0.4, 0.5) is 0 Å². The minimum Gasteiger partial charge on any atom is -0.497 e. The number of hydrogen-bond donors (Lipinski definition) is 1. The van der Waals surface area contributed by atoms with Gasteiger partial charge in [-0.05, 0) is 35.9 Å². The number of amides is 1. The normalized spacial score (nSPS) is 12.8. The molecule has 2 aromatic heterocycles. The molecule has 2 aromatic carbocycles. The van der Waals surface area contributed by atoms with Crippen LogP contribution in [0.25, 0.3) is 10.4 Å². The maximum absolute atomic E-state index is 13.4. The second-order valence-corrected chi connectivity index (χ2v) is 8.75. The maximum Gasteiger partial charge on any atom is 0.262 e. The van der Waals surface area contributed by atoms with E-state index in [1.54, 1.807) is 26.5 Å². The van der Waals surface area contributed by atoms with E-state index >= 15 is 0 Å². The summed E-state index contributed by atoms with van der Waals surface area (Å²) in [7, 11) is 5.10. The van der Waals surface area contributed by atoms with Crippen molar-refractivity contribution in [3.63, 3.8) is 0 Å². The molecule has 3 heterocycles. The number of hydrogen-bond acceptors (Lipinski definition) is 6. The Bertz CT molecular complexity index is 1300. The van der Waals surface area contributed by atoms with Gasteiger partial charge in [0.05, 0.1) is 19.1 Å². The molecule has 1 N–H and O–H groups in total. The number of rotatable bonds is 6. The van der Waals surface area contributed by atoms with Crippen LogP contribution in [0.3, 0.4) is 0 Å². The first-order valence-corrected chi connectivity index (χ1v) is 11.2. The second kappa shape index (κ2) is 8.63. The van der Waals surface area contributed by atoms with Gasteiger partial charge in [0.2, 0.25) is 0 Å². The maximum atomic E-state index is 13.4. The summed E-state index contributed by atoms with van der Waals surface area (Å²) in [6.07, 6.45) is 3.56. The molecule has 1 aliphatic heterocycles. The molecule has 1 atom stereocenters. The van der Waals surface area contributed by atoms with Gasteiger partial charge in [-0.25, -0.2) is 4.98 Å². The molecule has 0 saturated carbocycles. The lowest BCUT2D eigenvalue weighted by atomic mass is 10.0. The van der Waals surface area contributed by atoms with E-state index in [2.05, 4.69) is 10.3 Å². The van der Waals surface area contributed by atoms with Crippen LogP contribution in [0.1, 0.15) is 32.7 Å². The van der Waals surface area contributed by atoms with Gasteiger partial charge in [-0.2, -0.15) is 0 Å². The lowest BCUT2D eigenvalue weighted by molar-refractivity contribution is 0.0945. The Morgan fingerprint density at radius 2 is 1.91 bits per heavy atom. The Morgan fingerprint density at radius 3 is 2.61 bits per heavy atom. The zero-order valence-electron chi connectivity index (χ0n) is 18.5. The summed E-state index contributed by atoms with van der Waals surface area (Å²) in [6, 6.07) is 14.9. The molecule has 0 fully saturated rings. The molecule has 0 saturated heterocycles. The van der Waals surface area contributed by atoms with Crippen molar-refractivity contribution >= 4 is 17.2 Å². The highest BCUT2D eigenvalue weighted by Crippen LogP contribution is 2.42. The number of para-hydroxylation sites is 1. The van der Waals surface area contributed by atoms with E-state index in [4.69, 9.17) is 14.2 Å². The minimum atomic E-state index is -0.496. The average molecular weight is 462 g/mol. The summed E-state index contributed by atoms with van der Waals surface area (Å²) < 4.78 is 18.6. The smallest absolute Gasteiger partial charge is 0.262 e. The van der Waals surface area contributed by atoms with E-state index in [-0.39, 0.29) is 5.91 Å². The number of imidazole rings is 1. The standard InChI is InChI=1S/C25H23N3O4S/c1-28-9-8-26-24(28)22(15-10-17(30-2)13-18(11-15)31-3)27-25(29)21-12-16-14-32-20-7-5-4-6-19(20)23(16)33-21/h4-13,22H,14H2,1-3H3,(H,27,29). The summed E-state index contributed by atoms with van der Waals surface area (Å²) in [5.41, 5.74) is 2.84. The van der Waals surface area contributed by atoms with Crippen molar-refractivity contribution in [2.24, 2.45) is 7.05 Å². The highest BCUT2D eigenvalue weighted by Gasteiger charge is 2.26. The number of benzene rings is 2. The van der Waals surface area contributed by atoms with Crippen LogP contribution in [0.15, 0.2) is 60.9 Å². The number of carbonyl (C=O) groups is 1. The predicted octanol–water partition coefficient (Wildman–Crippen LogP) is 4.58. The second-order valence-electron chi connectivity index (χ2n) is 7.70. The molecule has 0 spiro atoms. The van der Waals surface area contributed by atoms with Crippen LogP contribution in [0.2, 0.25) is 0 Å². The van der Waals surface area contributed by atoms with Gasteiger partial charge in [0.25, 0.3) is 5.91 Å². The summed E-state index contributed by atoms with van der Waals surface area (Å²) in [6.45, 7) is 0.450. The fourth-order valence-electron chi connectivity index (χ4n) is 3.96. The number of ether oxygens (including phenoxy) is 3. The number of aryl methyl sites for hydroxylation is 1. The molecular formula is C25H23N3O4S. The molecular weight excluding hydrogens is 438 g/mol. The van der Waals surface area contributed by atoms with Crippen LogP contribution in [0, 0.1) is 0 Å². The van der Waals surface area contributed by atoms with Crippen molar-refractivity contribution in [1.29, 1.82) is 0 Å². The quantitative estimate of drug-likeness (QED) is 0.455. The van der Waals surface area contributed by atoms with E-state index in [1.165, 1.54) is 11.3 Å². The number of thiophene rings is 1. The first kappa shape index (κ1) is 21.1. The molecule has 0 aliphatic carbocycles. The number of nitrogens with one attached hydrogen (secondary N) is 1. The molecule has 168 valence electrons. The van der Waals surface area contributed by atoms with Gasteiger partial charge in [0.15, 0.2) is 0 Å². The monoisotopic (exact) mass is 461 g/mol. The van der Waals surface area contributed by atoms with E-state index < -0.39 is 6.04 Å². The molecule has 4 aromatic rings. The van der Waals surface area contributed by atoms with Crippen LogP contribution < -0.4 is 19.5 Å². The number of methoxy groups -OCH3 is 2. The third-order valence-electron chi connectivity index (χ3n) is 5.65. The molecule has 1 aliphatic rings. The Balaban J connectivity index is 1.51. The van der Waals surface area contributed by atoms with E-state index in [1.807, 2.05) is 60.3 Å². The Morgan fingerprint density at radius 1 is 1.15 bits per heavy atom. The SMILES string of the molecule is COc1cc(OC)cc(C(NC(=O)c2cc3c(s2)-c2ccccc2OC3)c2nccn2C)c1. The number of fused-ring (bicyclic) bond motifs is 3. The van der Waals surface area contributed by atoms with Crippen molar-refractivity contribution < 1.29 is 19.0 Å². The molecule has 8 heteroatoms. The fraction of sp³-hybridized carbons (Fsp3) is 0.200. The number of nitrogens with zero attached hydrogens (tertiary/aromatic N) is 2. The van der Waals surface area contributed by atoms with E-state index in [0.29, 0.717) is 28.8 Å². The van der Waals surface area contributed by atoms with Gasteiger partial charge in [0.1, 0.15) is 35.7 Å². The lowest BCUT2D eigenvalue weighted by Gasteiger charge is -2.20. The largest absolute Gasteiger partial charge is 0.497 e. The van der Waals surface area contributed by atoms with Gasteiger partial charge in [-0.3, -0.25) is 4.79 Å². The van der Waals surface area contributed by atoms with Crippen molar-refractivity contribution in [2.45, 2.75) is 12.6 Å². The zero-order chi connectivity index (χ0) is 22.9. The third-order valence-corrected chi connectivity index (χ3v) is 6.86. The van der Waals surface area contributed by atoms with Crippen molar-refractivity contribution in [3.05, 3.63) is 82.8 Å². The topological polar surface area (TPSA) is 74.6 Å². The van der Waals surface area contributed by atoms with Gasteiger partial charge < -0.3 is 24.1 Å². The minimum absolute atomic E-state index is 0.179. The van der Waals surface area contributed by atoms with Gasteiger partial charge in [0, 0.05) is 41.5 Å². The Labute approximate surface area is 195 Å². The van der Waals surface area contributed by atoms with Crippen LogP contribution in [-0.4, -0.2) is 29.7 Å². The highest BCUT2D eigenvalue weighted by atomic mass is 32.1. The summed E-state index contributed by atoms with van der Waals surface area (Å²) in [5.74, 6) is 2.64. The predicted molar refractivity (Wildman–Crippen MR) is 126 cm³/mol. The number of aromatic nitrogens is 2. The molecule has 0 radical (unpaired) electrons. The van der Waals surface area contributed by atoms with E-state index in [9.17, 15) is 4.79 Å². The molecule has 33 heavy (non-hydrogen) atoms. The number of carbonyl (C=O) groups excluding carboxylic acids is 1. The fourth-order valence-corrected chi connectivity index (χ4v) is 5.06. The molecule has 5 rings (SSSR count). The Hall–Kier alpha value is -3.78. The van der Waals surface area contributed by atoms with Gasteiger partial charge >= 0.3 is 0 Å². The molecule has 1 amide bonds. The molecule has 7 nitrogen and oxygen atoms in total. The first-order valence-electron chi connectivity index (χ1n) is 10.4. The van der Waals surface area contributed by atoms with Crippen LogP contribution in [-0.2, 0) is 13.7 Å². The lowest BCUT2D eigenvalue weighted by Crippen LogP contribution is -2.30. The van der Waals surface area contributed by atoms with Crippen molar-refractivity contribution in [3.8, 4) is 27.7 Å². The third kappa shape index (κ3) is 3.93. The zero-order valence-corrected chi connectivity index (χ0v) is 19.3. The Kier molecular flexibility index (Phi) is 5.51. The summed E-state index contributed by atoms with van der Waals surface area (Å²) in [4.78, 5) is 19.6. The van der Waals surface area contributed by atoms with Gasteiger partial charge in [-0.1, -0.05) is 12.1 Å². The van der Waals surface area contributed by atoms with Crippen LogP contribution in [0.5, 0.6) is 17.2 Å². The highest BCUT2D eigenvalue weighted by molar-refractivity contribution is 7.17. The van der Waals surface area contributed by atoms with Crippen molar-refractivity contribution in [1.82, 2.24) is 14.9 Å². The average Bonchev–Trinajstić information content (AvgIpc) is 3.48. The van der Waals surface area contributed by atoms with Gasteiger partial charge in [-0.15, -0.1) is 11.3 Å².